The number of nitrogens with zero attached hydrogens (tertiary/aromatic N) is 1. The number of anilines is 1. The summed E-state index contributed by atoms with van der Waals surface area (Å²) in [5.41, 5.74) is 5.79. The molecule has 1 aromatic carbocycles. The van der Waals surface area contributed by atoms with Gasteiger partial charge in [0.25, 0.3) is 0 Å². The zero-order valence-corrected chi connectivity index (χ0v) is 13.5. The van der Waals surface area contributed by atoms with Crippen LogP contribution in [0.3, 0.4) is 0 Å². The highest BCUT2D eigenvalue weighted by molar-refractivity contribution is 5.94. The van der Waals surface area contributed by atoms with Gasteiger partial charge in [0.1, 0.15) is 11.6 Å². The lowest BCUT2D eigenvalue weighted by Gasteiger charge is -2.20. The summed E-state index contributed by atoms with van der Waals surface area (Å²) in [6.45, 7) is -0.178. The predicted molar refractivity (Wildman–Crippen MR) is 85.2 cm³/mol. The van der Waals surface area contributed by atoms with Gasteiger partial charge in [0.15, 0.2) is 0 Å². The van der Waals surface area contributed by atoms with Crippen LogP contribution in [0.2, 0.25) is 0 Å². The average Bonchev–Trinajstić information content (AvgIpc) is 2.82. The predicted octanol–water partition coefficient (Wildman–Crippen LogP) is 1.91. The molecule has 0 heterocycles. The van der Waals surface area contributed by atoms with Gasteiger partial charge in [-0.15, -0.1) is 12.4 Å². The van der Waals surface area contributed by atoms with Crippen molar-refractivity contribution in [3.63, 3.8) is 0 Å². The van der Waals surface area contributed by atoms with Crippen molar-refractivity contribution in [1.29, 1.82) is 0 Å². The fourth-order valence-electron chi connectivity index (χ4n) is 2.67. The van der Waals surface area contributed by atoms with Gasteiger partial charge in [-0.1, -0.05) is 0 Å². The molecule has 0 aliphatic heterocycles. The molecule has 0 radical (unpaired) electrons. The van der Waals surface area contributed by atoms with Crippen LogP contribution in [-0.2, 0) is 9.59 Å². The average molecular weight is 348 g/mol. The van der Waals surface area contributed by atoms with E-state index in [4.69, 9.17) is 5.73 Å². The number of rotatable bonds is 4. The molecule has 2 amide bonds. The van der Waals surface area contributed by atoms with Gasteiger partial charge in [-0.05, 0) is 31.4 Å². The molecule has 3 N–H and O–H groups in total. The normalized spacial score (nSPS) is 19.8. The van der Waals surface area contributed by atoms with E-state index in [1.54, 1.807) is 0 Å². The van der Waals surface area contributed by atoms with Crippen molar-refractivity contribution >= 4 is 29.9 Å². The number of amides is 2. The molecule has 5 nitrogen and oxygen atoms in total. The highest BCUT2D eigenvalue weighted by Crippen LogP contribution is 2.25. The quantitative estimate of drug-likeness (QED) is 0.873. The molecule has 0 aromatic heterocycles. The van der Waals surface area contributed by atoms with Crippen molar-refractivity contribution in [3.8, 4) is 0 Å². The third-order valence-corrected chi connectivity index (χ3v) is 3.73. The van der Waals surface area contributed by atoms with Gasteiger partial charge in [-0.25, -0.2) is 8.78 Å². The van der Waals surface area contributed by atoms with Crippen LogP contribution >= 0.6 is 12.4 Å². The lowest BCUT2D eigenvalue weighted by Crippen LogP contribution is -2.38. The maximum absolute atomic E-state index is 13.0. The summed E-state index contributed by atoms with van der Waals surface area (Å²) in [6.07, 6.45) is 2.15. The third kappa shape index (κ3) is 5.44. The third-order valence-electron chi connectivity index (χ3n) is 3.73. The minimum absolute atomic E-state index is 0. The van der Waals surface area contributed by atoms with Gasteiger partial charge >= 0.3 is 0 Å². The van der Waals surface area contributed by atoms with Crippen molar-refractivity contribution < 1.29 is 18.4 Å². The Morgan fingerprint density at radius 3 is 2.39 bits per heavy atom. The van der Waals surface area contributed by atoms with E-state index >= 15 is 0 Å². The molecule has 1 aromatic rings. The summed E-state index contributed by atoms with van der Waals surface area (Å²) in [6, 6.07) is 2.78. The second-order valence-electron chi connectivity index (χ2n) is 5.67. The van der Waals surface area contributed by atoms with Crippen LogP contribution in [-0.4, -0.2) is 36.3 Å². The molecule has 128 valence electrons. The summed E-state index contributed by atoms with van der Waals surface area (Å²) >= 11 is 0. The topological polar surface area (TPSA) is 75.4 Å². The van der Waals surface area contributed by atoms with Crippen LogP contribution in [0.4, 0.5) is 14.5 Å². The van der Waals surface area contributed by atoms with Gasteiger partial charge < -0.3 is 16.0 Å². The minimum Gasteiger partial charge on any atom is -0.336 e. The molecular weight excluding hydrogens is 328 g/mol. The van der Waals surface area contributed by atoms with Crippen LogP contribution in [0.5, 0.6) is 0 Å². The summed E-state index contributed by atoms with van der Waals surface area (Å²) < 4.78 is 26.1. The monoisotopic (exact) mass is 347 g/mol. The van der Waals surface area contributed by atoms with Crippen molar-refractivity contribution in [2.45, 2.75) is 25.3 Å². The smallest absolute Gasteiger partial charge is 0.243 e. The summed E-state index contributed by atoms with van der Waals surface area (Å²) in [5, 5.41) is 2.37. The Labute approximate surface area is 139 Å². The van der Waals surface area contributed by atoms with Crippen LogP contribution < -0.4 is 11.1 Å². The van der Waals surface area contributed by atoms with E-state index in [9.17, 15) is 18.4 Å². The Morgan fingerprint density at radius 1 is 1.26 bits per heavy atom. The van der Waals surface area contributed by atoms with E-state index < -0.39 is 17.5 Å². The first-order chi connectivity index (χ1) is 10.3. The molecule has 0 bridgehead atoms. The lowest BCUT2D eigenvalue weighted by atomic mass is 10.1. The summed E-state index contributed by atoms with van der Waals surface area (Å²) in [5.74, 6) is -2.35. The van der Waals surface area contributed by atoms with Crippen LogP contribution in [0.1, 0.15) is 19.3 Å². The highest BCUT2D eigenvalue weighted by atomic mass is 35.5. The number of carbonyl (C=O) groups excluding carboxylic acids is 2. The first kappa shape index (κ1) is 19.3. The molecule has 2 rings (SSSR count). The number of likely N-dealkylation sites (N-methyl/N-ethyl adjacent to an activating group) is 1. The number of halogens is 3. The van der Waals surface area contributed by atoms with Crippen LogP contribution in [0.15, 0.2) is 18.2 Å². The molecule has 2 atom stereocenters. The molecule has 2 unspecified atom stereocenters. The Morgan fingerprint density at radius 2 is 1.87 bits per heavy atom. The van der Waals surface area contributed by atoms with E-state index in [1.807, 2.05) is 0 Å². The van der Waals surface area contributed by atoms with Crippen molar-refractivity contribution in [2.75, 3.05) is 18.9 Å². The first-order valence-electron chi connectivity index (χ1n) is 7.11. The Hall–Kier alpha value is -1.73. The molecule has 1 aliphatic carbocycles. The molecule has 8 heteroatoms. The standard InChI is InChI=1S/C15H19F2N3O2.ClH/c1-20(15(22)9-2-3-12(18)4-9)8-14(21)19-13-6-10(16)5-11(17)7-13;/h5-7,9,12H,2-4,8,18H2,1H3,(H,19,21);1H. The van der Waals surface area contributed by atoms with Crippen LogP contribution in [0, 0.1) is 17.6 Å². The molecular formula is C15H20ClF2N3O2. The number of nitrogens with one attached hydrogen (secondary N) is 1. The molecule has 1 saturated carbocycles. The number of hydrogen-bond acceptors (Lipinski definition) is 3. The second-order valence-corrected chi connectivity index (χ2v) is 5.67. The van der Waals surface area contributed by atoms with Crippen LogP contribution in [0.25, 0.3) is 0 Å². The maximum atomic E-state index is 13.0. The lowest BCUT2D eigenvalue weighted by molar-refractivity contribution is -0.136. The number of carbonyl (C=O) groups is 2. The largest absolute Gasteiger partial charge is 0.336 e. The van der Waals surface area contributed by atoms with E-state index in [2.05, 4.69) is 5.32 Å². The van der Waals surface area contributed by atoms with E-state index in [0.29, 0.717) is 12.5 Å². The summed E-state index contributed by atoms with van der Waals surface area (Å²) in [7, 11) is 1.53. The van der Waals surface area contributed by atoms with Crippen molar-refractivity contribution in [2.24, 2.45) is 11.7 Å². The molecule has 1 aliphatic rings. The summed E-state index contributed by atoms with van der Waals surface area (Å²) in [4.78, 5) is 25.3. The molecule has 0 saturated heterocycles. The van der Waals surface area contributed by atoms with Gasteiger partial charge in [0, 0.05) is 30.8 Å². The van der Waals surface area contributed by atoms with E-state index in [-0.39, 0.29) is 42.5 Å². The molecule has 0 spiro atoms. The first-order valence-corrected chi connectivity index (χ1v) is 7.11. The second kappa shape index (κ2) is 8.21. The number of hydrogen-bond donors (Lipinski definition) is 2. The van der Waals surface area contributed by atoms with Gasteiger partial charge in [-0.3, -0.25) is 9.59 Å². The molecule has 23 heavy (non-hydrogen) atoms. The Kier molecular flexibility index (Phi) is 6.90. The Bertz CT molecular complexity index is 566. The van der Waals surface area contributed by atoms with Gasteiger partial charge in [0.05, 0.1) is 6.54 Å². The zero-order chi connectivity index (χ0) is 16.3. The number of benzene rings is 1. The van der Waals surface area contributed by atoms with E-state index in [0.717, 1.165) is 25.0 Å². The maximum Gasteiger partial charge on any atom is 0.243 e. The fraction of sp³-hybridized carbons (Fsp3) is 0.467. The fourth-order valence-corrected chi connectivity index (χ4v) is 2.67. The van der Waals surface area contributed by atoms with Crippen molar-refractivity contribution in [3.05, 3.63) is 29.8 Å². The van der Waals surface area contributed by atoms with Crippen molar-refractivity contribution in [1.82, 2.24) is 4.90 Å². The number of nitrogens with two attached hydrogens (primary N) is 1. The minimum atomic E-state index is -0.778. The zero-order valence-electron chi connectivity index (χ0n) is 12.7. The van der Waals surface area contributed by atoms with E-state index in [1.165, 1.54) is 11.9 Å². The molecule has 1 fully saturated rings. The Balaban J connectivity index is 0.00000264. The SMILES string of the molecule is CN(CC(=O)Nc1cc(F)cc(F)c1)C(=O)C1CCC(N)C1.Cl. The van der Waals surface area contributed by atoms with Gasteiger partial charge in [0.2, 0.25) is 11.8 Å². The highest BCUT2D eigenvalue weighted by Gasteiger charge is 2.30. The van der Waals surface area contributed by atoms with Gasteiger partial charge in [-0.2, -0.15) is 0 Å².